The van der Waals surface area contributed by atoms with E-state index in [0.29, 0.717) is 0 Å². The van der Waals surface area contributed by atoms with Crippen LogP contribution in [0.5, 0.6) is 0 Å². The van der Waals surface area contributed by atoms with Crippen LogP contribution in [0.15, 0.2) is 42.5 Å². The lowest BCUT2D eigenvalue weighted by atomic mass is 9.83. The molecule has 0 aromatic heterocycles. The van der Waals surface area contributed by atoms with Gasteiger partial charge in [-0.3, -0.25) is 14.4 Å². The Kier molecular flexibility index (Phi) is 5.47. The highest BCUT2D eigenvalue weighted by atomic mass is 35.5. The summed E-state index contributed by atoms with van der Waals surface area (Å²) in [7, 11) is 0. The average Bonchev–Trinajstić information content (AvgIpc) is 3.32. The number of hydrogen-bond acceptors (Lipinski definition) is 4. The van der Waals surface area contributed by atoms with Crippen molar-refractivity contribution in [3.8, 4) is 0 Å². The lowest BCUT2D eigenvalue weighted by Crippen LogP contribution is -2.52. The number of piperidine rings is 1. The van der Waals surface area contributed by atoms with E-state index in [1.807, 2.05) is 0 Å². The molecule has 0 N–H and O–H groups in total. The van der Waals surface area contributed by atoms with Crippen LogP contribution in [0.25, 0.3) is 0 Å². The number of nitrogens with zero attached hydrogens (tertiary/aromatic N) is 2. The fourth-order valence-corrected chi connectivity index (χ4v) is 6.11. The standard InChI is InChI=1S/C24H19Cl2F3N2O4/c1-22-18(19(32)31(20(22)33)17-11-15(25)10-16(26)12-17)23(22,21(34)30-6-8-35-9-7-30)13-2-4-14(5-3-13)24(27,28)29/h2-5,10-12,18H,6-9H2,1H3/t18-,22-,23-/m1/s1. The minimum atomic E-state index is -4.57. The number of benzene rings is 2. The lowest BCUT2D eigenvalue weighted by molar-refractivity contribution is -0.143. The monoisotopic (exact) mass is 526 g/mol. The summed E-state index contributed by atoms with van der Waals surface area (Å²) in [5.41, 5.74) is -3.64. The van der Waals surface area contributed by atoms with Gasteiger partial charge in [-0.25, -0.2) is 4.90 Å². The SMILES string of the molecule is C[C@]12C(=O)N(c3cc(Cl)cc(Cl)c3)C(=O)[C@H]1[C@@]2(C(=O)N1CCOCC1)c1ccc(C(F)(F)F)cc1. The molecule has 35 heavy (non-hydrogen) atoms. The molecule has 3 fully saturated rings. The number of alkyl halides is 3. The normalized spacial score (nSPS) is 28.3. The fraction of sp³-hybridized carbons (Fsp3) is 0.375. The number of ether oxygens (including phenoxy) is 1. The first-order valence-electron chi connectivity index (χ1n) is 10.8. The Bertz CT molecular complexity index is 1230. The van der Waals surface area contributed by atoms with Crippen molar-refractivity contribution in [2.45, 2.75) is 18.5 Å². The molecule has 6 nitrogen and oxygen atoms in total. The number of anilines is 1. The molecule has 11 heteroatoms. The molecule has 3 amide bonds. The Morgan fingerprint density at radius 2 is 1.60 bits per heavy atom. The molecule has 3 atom stereocenters. The van der Waals surface area contributed by atoms with Crippen LogP contribution in [0.2, 0.25) is 10.0 Å². The van der Waals surface area contributed by atoms with E-state index in [1.165, 1.54) is 42.2 Å². The van der Waals surface area contributed by atoms with Crippen molar-refractivity contribution in [2.75, 3.05) is 31.2 Å². The van der Waals surface area contributed by atoms with Gasteiger partial charge in [0.25, 0.3) is 0 Å². The summed E-state index contributed by atoms with van der Waals surface area (Å²) >= 11 is 12.1. The summed E-state index contributed by atoms with van der Waals surface area (Å²) in [6.45, 7) is 2.58. The molecule has 1 saturated carbocycles. The van der Waals surface area contributed by atoms with Gasteiger partial charge in [0.1, 0.15) is 5.41 Å². The van der Waals surface area contributed by atoms with Crippen LogP contribution in [0, 0.1) is 11.3 Å². The van der Waals surface area contributed by atoms with Crippen LogP contribution in [-0.4, -0.2) is 48.9 Å². The zero-order valence-electron chi connectivity index (χ0n) is 18.4. The van der Waals surface area contributed by atoms with Crippen molar-refractivity contribution in [1.29, 1.82) is 0 Å². The van der Waals surface area contributed by atoms with Crippen molar-refractivity contribution in [2.24, 2.45) is 11.3 Å². The Hall–Kier alpha value is -2.62. The number of amides is 3. The Morgan fingerprint density at radius 3 is 2.09 bits per heavy atom. The van der Waals surface area contributed by atoms with E-state index >= 15 is 0 Å². The highest BCUT2D eigenvalue weighted by Crippen LogP contribution is 2.74. The molecule has 2 saturated heterocycles. The van der Waals surface area contributed by atoms with Crippen molar-refractivity contribution < 1.29 is 32.3 Å². The Balaban J connectivity index is 1.61. The summed E-state index contributed by atoms with van der Waals surface area (Å²) in [5.74, 6) is -2.82. The third-order valence-corrected chi connectivity index (χ3v) is 7.71. The van der Waals surface area contributed by atoms with E-state index in [1.54, 1.807) is 0 Å². The van der Waals surface area contributed by atoms with Gasteiger partial charge in [-0.15, -0.1) is 0 Å². The zero-order chi connectivity index (χ0) is 25.3. The van der Waals surface area contributed by atoms with Crippen LogP contribution in [-0.2, 0) is 30.7 Å². The third kappa shape index (κ3) is 3.32. The second-order valence-electron chi connectivity index (χ2n) is 9.03. The van der Waals surface area contributed by atoms with Crippen molar-refractivity contribution in [1.82, 2.24) is 4.90 Å². The van der Waals surface area contributed by atoms with E-state index in [4.69, 9.17) is 27.9 Å². The van der Waals surface area contributed by atoms with Gasteiger partial charge in [-0.2, -0.15) is 13.2 Å². The van der Waals surface area contributed by atoms with Gasteiger partial charge in [-0.1, -0.05) is 35.3 Å². The van der Waals surface area contributed by atoms with E-state index in [0.717, 1.165) is 17.0 Å². The number of hydrogen-bond donors (Lipinski definition) is 0. The molecule has 0 radical (unpaired) electrons. The second kappa shape index (κ2) is 7.94. The quantitative estimate of drug-likeness (QED) is 0.558. The first-order valence-corrected chi connectivity index (χ1v) is 11.6. The van der Waals surface area contributed by atoms with Crippen molar-refractivity contribution in [3.05, 3.63) is 63.6 Å². The zero-order valence-corrected chi connectivity index (χ0v) is 19.9. The molecule has 2 aromatic rings. The van der Waals surface area contributed by atoms with Crippen molar-refractivity contribution in [3.63, 3.8) is 0 Å². The van der Waals surface area contributed by atoms with Gasteiger partial charge in [0.05, 0.1) is 35.8 Å². The number of carbonyl (C=O) groups is 3. The predicted molar refractivity (Wildman–Crippen MR) is 121 cm³/mol. The molecule has 0 spiro atoms. The van der Waals surface area contributed by atoms with Crippen LogP contribution in [0.4, 0.5) is 18.9 Å². The fourth-order valence-electron chi connectivity index (χ4n) is 5.59. The maximum atomic E-state index is 13.9. The number of fused-ring (bicyclic) bond motifs is 1. The van der Waals surface area contributed by atoms with E-state index in [-0.39, 0.29) is 47.6 Å². The smallest absolute Gasteiger partial charge is 0.378 e. The number of morpholine rings is 1. The molecule has 5 rings (SSSR count). The minimum Gasteiger partial charge on any atom is -0.378 e. The van der Waals surface area contributed by atoms with Crippen LogP contribution >= 0.6 is 23.2 Å². The Morgan fingerprint density at radius 1 is 1.03 bits per heavy atom. The summed E-state index contributed by atoms with van der Waals surface area (Å²) in [6.07, 6.45) is -4.57. The second-order valence-corrected chi connectivity index (χ2v) is 9.90. The minimum absolute atomic E-state index is 0.172. The molecule has 0 unspecified atom stereocenters. The average molecular weight is 527 g/mol. The highest BCUT2D eigenvalue weighted by molar-refractivity contribution is 6.37. The summed E-state index contributed by atoms with van der Waals surface area (Å²) in [5, 5.41) is 0.439. The maximum Gasteiger partial charge on any atom is 0.416 e. The van der Waals surface area contributed by atoms with E-state index in [9.17, 15) is 27.6 Å². The van der Waals surface area contributed by atoms with Gasteiger partial charge in [0.15, 0.2) is 0 Å². The third-order valence-electron chi connectivity index (χ3n) is 7.27. The lowest BCUT2D eigenvalue weighted by Gasteiger charge is -2.35. The molecular weight excluding hydrogens is 508 g/mol. The molecule has 1 aliphatic carbocycles. The molecule has 184 valence electrons. The van der Waals surface area contributed by atoms with Crippen LogP contribution in [0.3, 0.4) is 0 Å². The maximum absolute atomic E-state index is 13.9. The summed E-state index contributed by atoms with van der Waals surface area (Å²) in [6, 6.07) is 8.39. The van der Waals surface area contributed by atoms with Gasteiger partial charge < -0.3 is 9.64 Å². The summed E-state index contributed by atoms with van der Waals surface area (Å²) < 4.78 is 44.9. The van der Waals surface area contributed by atoms with Gasteiger partial charge in [0, 0.05) is 23.1 Å². The topological polar surface area (TPSA) is 66.9 Å². The molecule has 2 aliphatic heterocycles. The first-order chi connectivity index (χ1) is 16.4. The number of carbonyl (C=O) groups excluding carboxylic acids is 3. The molecule has 2 heterocycles. The van der Waals surface area contributed by atoms with Crippen LogP contribution in [0.1, 0.15) is 18.1 Å². The van der Waals surface area contributed by atoms with Crippen LogP contribution < -0.4 is 4.90 Å². The first kappa shape index (κ1) is 24.1. The molecule has 2 aromatic carbocycles. The largest absolute Gasteiger partial charge is 0.416 e. The van der Waals surface area contributed by atoms with E-state index < -0.39 is 46.2 Å². The number of halogens is 5. The highest BCUT2D eigenvalue weighted by Gasteiger charge is 2.90. The van der Waals surface area contributed by atoms with Crippen molar-refractivity contribution >= 4 is 46.6 Å². The number of imide groups is 1. The predicted octanol–water partition coefficient (Wildman–Crippen LogP) is 4.32. The van der Waals surface area contributed by atoms with E-state index in [2.05, 4.69) is 0 Å². The van der Waals surface area contributed by atoms with Gasteiger partial charge in [0.2, 0.25) is 17.7 Å². The van der Waals surface area contributed by atoms with Gasteiger partial charge in [-0.05, 0) is 42.8 Å². The summed E-state index contributed by atoms with van der Waals surface area (Å²) in [4.78, 5) is 43.8. The Labute approximate surface area is 208 Å². The number of rotatable bonds is 3. The van der Waals surface area contributed by atoms with Gasteiger partial charge >= 0.3 is 6.18 Å². The molecule has 0 bridgehead atoms. The molecular formula is C24H19Cl2F3N2O4. The molecule has 3 aliphatic rings.